The van der Waals surface area contributed by atoms with Crippen molar-refractivity contribution in [1.82, 2.24) is 4.90 Å². The molecule has 3 rings (SSSR count). The second-order valence-corrected chi connectivity index (χ2v) is 5.92. The van der Waals surface area contributed by atoms with Gasteiger partial charge in [0.05, 0.1) is 17.3 Å². The number of hydrogen-bond donors (Lipinski definition) is 0. The molecule has 5 nitrogen and oxygen atoms in total. The van der Waals surface area contributed by atoms with Gasteiger partial charge in [-0.2, -0.15) is 5.26 Å². The lowest BCUT2D eigenvalue weighted by atomic mass is 10.2. The largest absolute Gasteiger partial charge is 0.462 e. The minimum Gasteiger partial charge on any atom is -0.462 e. The molecule has 0 unspecified atom stereocenters. The molecule has 0 saturated carbocycles. The number of nitriles is 1. The lowest BCUT2D eigenvalue weighted by Gasteiger charge is -2.16. The number of hydrogen-bond acceptors (Lipinski definition) is 4. The van der Waals surface area contributed by atoms with Crippen LogP contribution in [0.2, 0.25) is 0 Å². The normalized spacial score (nSPS) is 16.2. The summed E-state index contributed by atoms with van der Waals surface area (Å²) in [6, 6.07) is 10.7. The molecule has 1 aliphatic rings. The smallest absolute Gasteiger partial charge is 0.281 e. The molecular formula is C18H15N3O2S. The van der Waals surface area contributed by atoms with Crippen LogP contribution >= 0.6 is 12.2 Å². The fraction of sp³-hybridized carbons (Fsp3) is 0.167. The van der Waals surface area contributed by atoms with E-state index in [1.807, 2.05) is 19.9 Å². The molecule has 24 heavy (non-hydrogen) atoms. The van der Waals surface area contributed by atoms with Gasteiger partial charge < -0.3 is 9.32 Å². The molecule has 1 saturated heterocycles. The Kier molecular flexibility index (Phi) is 3.96. The lowest BCUT2D eigenvalue weighted by molar-refractivity contribution is -0.114. The summed E-state index contributed by atoms with van der Waals surface area (Å²) >= 11 is 5.40. The van der Waals surface area contributed by atoms with Crippen molar-refractivity contribution in [3.05, 3.63) is 58.7 Å². The zero-order valence-electron chi connectivity index (χ0n) is 13.5. The van der Waals surface area contributed by atoms with Crippen LogP contribution in [0, 0.1) is 25.2 Å². The zero-order valence-corrected chi connectivity index (χ0v) is 14.3. The maximum atomic E-state index is 12.8. The average molecular weight is 337 g/mol. The van der Waals surface area contributed by atoms with Crippen LogP contribution in [0.25, 0.3) is 6.08 Å². The van der Waals surface area contributed by atoms with Crippen molar-refractivity contribution in [2.24, 2.45) is 0 Å². The molecule has 0 aliphatic carbocycles. The van der Waals surface area contributed by atoms with E-state index in [1.54, 1.807) is 42.3 Å². The summed E-state index contributed by atoms with van der Waals surface area (Å²) < 4.78 is 5.63. The van der Waals surface area contributed by atoms with Crippen LogP contribution < -0.4 is 4.90 Å². The molecule has 1 amide bonds. The van der Waals surface area contributed by atoms with Crippen LogP contribution in [0.4, 0.5) is 5.69 Å². The Labute approximate surface area is 145 Å². The predicted octanol–water partition coefficient (Wildman–Crippen LogP) is 3.37. The summed E-state index contributed by atoms with van der Waals surface area (Å²) in [6.07, 6.45) is 1.69. The molecule has 0 bridgehead atoms. The van der Waals surface area contributed by atoms with Gasteiger partial charge in [-0.15, -0.1) is 0 Å². The van der Waals surface area contributed by atoms with Gasteiger partial charge in [0, 0.05) is 13.1 Å². The molecule has 6 heteroatoms. The Hall–Kier alpha value is -2.91. The Morgan fingerprint density at radius 2 is 1.92 bits per heavy atom. The van der Waals surface area contributed by atoms with Crippen molar-refractivity contribution in [3.63, 3.8) is 0 Å². The number of furan rings is 1. The first-order valence-corrected chi connectivity index (χ1v) is 7.74. The number of nitrogens with zero attached hydrogens (tertiary/aromatic N) is 3. The van der Waals surface area contributed by atoms with Crippen LogP contribution in [-0.2, 0) is 4.79 Å². The van der Waals surface area contributed by atoms with Gasteiger partial charge in [-0.05, 0) is 62.0 Å². The fourth-order valence-corrected chi connectivity index (χ4v) is 2.76. The number of carbonyl (C=O) groups excluding carboxylic acids is 1. The third kappa shape index (κ3) is 2.59. The zero-order chi connectivity index (χ0) is 17.4. The number of likely N-dealkylation sites (N-methyl/N-ethyl adjacent to an activating group) is 1. The molecule has 1 aromatic carbocycles. The van der Waals surface area contributed by atoms with E-state index in [0.717, 1.165) is 11.3 Å². The highest BCUT2D eigenvalue weighted by atomic mass is 32.1. The summed E-state index contributed by atoms with van der Waals surface area (Å²) in [4.78, 5) is 15.9. The summed E-state index contributed by atoms with van der Waals surface area (Å²) in [7, 11) is 1.75. The van der Waals surface area contributed by atoms with Crippen molar-refractivity contribution in [1.29, 1.82) is 5.26 Å². The van der Waals surface area contributed by atoms with Crippen LogP contribution in [0.15, 0.2) is 40.4 Å². The van der Waals surface area contributed by atoms with E-state index in [2.05, 4.69) is 6.07 Å². The Morgan fingerprint density at radius 1 is 1.25 bits per heavy atom. The van der Waals surface area contributed by atoms with Crippen molar-refractivity contribution in [2.75, 3.05) is 11.9 Å². The summed E-state index contributed by atoms with van der Waals surface area (Å²) in [5, 5.41) is 9.27. The maximum Gasteiger partial charge on any atom is 0.281 e. The highest BCUT2D eigenvalue weighted by Gasteiger charge is 2.37. The Morgan fingerprint density at radius 3 is 2.46 bits per heavy atom. The van der Waals surface area contributed by atoms with Gasteiger partial charge >= 0.3 is 0 Å². The maximum absolute atomic E-state index is 12.8. The number of rotatable bonds is 2. The molecule has 1 aliphatic heterocycles. The van der Waals surface area contributed by atoms with E-state index < -0.39 is 0 Å². The molecule has 0 atom stereocenters. The minimum atomic E-state index is -0.223. The first kappa shape index (κ1) is 16.0. The van der Waals surface area contributed by atoms with Crippen LogP contribution in [0.5, 0.6) is 0 Å². The lowest BCUT2D eigenvalue weighted by Crippen LogP contribution is -2.31. The summed E-state index contributed by atoms with van der Waals surface area (Å²) in [6.45, 7) is 3.83. The van der Waals surface area contributed by atoms with E-state index in [1.165, 1.54) is 4.90 Å². The molecule has 2 heterocycles. The molecule has 0 N–H and O–H groups in total. The number of carbonyl (C=O) groups is 1. The number of aryl methyl sites for hydroxylation is 2. The molecule has 1 fully saturated rings. The van der Waals surface area contributed by atoms with Crippen molar-refractivity contribution in [3.8, 4) is 6.07 Å². The van der Waals surface area contributed by atoms with Crippen molar-refractivity contribution >= 4 is 35.0 Å². The summed E-state index contributed by atoms with van der Waals surface area (Å²) in [5.74, 6) is 1.21. The predicted molar refractivity (Wildman–Crippen MR) is 95.2 cm³/mol. The molecule has 2 aromatic rings. The summed E-state index contributed by atoms with van der Waals surface area (Å²) in [5.41, 5.74) is 2.63. The first-order chi connectivity index (χ1) is 11.4. The van der Waals surface area contributed by atoms with Gasteiger partial charge in [-0.25, -0.2) is 0 Å². The standard InChI is InChI=1S/C18H15N3O2S/c1-11-8-15(23-12(11)2)9-16-17(22)21(18(24)20(16)3)14-6-4-13(10-19)5-7-14/h4-9H,1-3H3. The van der Waals surface area contributed by atoms with E-state index in [9.17, 15) is 4.79 Å². The highest BCUT2D eigenvalue weighted by Crippen LogP contribution is 2.28. The topological polar surface area (TPSA) is 60.5 Å². The first-order valence-electron chi connectivity index (χ1n) is 7.33. The van der Waals surface area contributed by atoms with E-state index in [-0.39, 0.29) is 5.91 Å². The van der Waals surface area contributed by atoms with E-state index >= 15 is 0 Å². The van der Waals surface area contributed by atoms with Crippen LogP contribution in [0.1, 0.15) is 22.6 Å². The fourth-order valence-electron chi connectivity index (χ4n) is 2.48. The molecular weight excluding hydrogens is 322 g/mol. The van der Waals surface area contributed by atoms with Crippen molar-refractivity contribution < 1.29 is 9.21 Å². The number of benzene rings is 1. The molecule has 0 spiro atoms. The number of anilines is 1. The quantitative estimate of drug-likeness (QED) is 0.621. The minimum absolute atomic E-state index is 0.223. The number of amides is 1. The second-order valence-electron chi connectivity index (χ2n) is 5.56. The third-order valence-corrected chi connectivity index (χ3v) is 4.44. The van der Waals surface area contributed by atoms with Gasteiger partial charge in [0.15, 0.2) is 5.11 Å². The van der Waals surface area contributed by atoms with Gasteiger partial charge in [-0.3, -0.25) is 9.69 Å². The van der Waals surface area contributed by atoms with Gasteiger partial charge in [0.1, 0.15) is 17.2 Å². The second kappa shape index (κ2) is 5.95. The molecule has 1 aromatic heterocycles. The van der Waals surface area contributed by atoms with Gasteiger partial charge in [-0.1, -0.05) is 0 Å². The third-order valence-electron chi connectivity index (χ3n) is 3.98. The van der Waals surface area contributed by atoms with E-state index in [0.29, 0.717) is 27.8 Å². The SMILES string of the molecule is Cc1cc(C=C2C(=O)N(c3ccc(C#N)cc3)C(=S)N2C)oc1C. The number of thiocarbonyl (C=S) groups is 1. The van der Waals surface area contributed by atoms with Gasteiger partial charge in [0.25, 0.3) is 5.91 Å². The van der Waals surface area contributed by atoms with E-state index in [4.69, 9.17) is 21.9 Å². The molecule has 0 radical (unpaired) electrons. The molecule has 120 valence electrons. The highest BCUT2D eigenvalue weighted by molar-refractivity contribution is 7.80. The van der Waals surface area contributed by atoms with Crippen LogP contribution in [0.3, 0.4) is 0 Å². The Balaban J connectivity index is 1.98. The average Bonchev–Trinajstić information content (AvgIpc) is 2.99. The monoisotopic (exact) mass is 337 g/mol. The van der Waals surface area contributed by atoms with Gasteiger partial charge in [0.2, 0.25) is 0 Å². The van der Waals surface area contributed by atoms with Crippen molar-refractivity contribution in [2.45, 2.75) is 13.8 Å². The van der Waals surface area contributed by atoms with Crippen LogP contribution in [-0.4, -0.2) is 23.0 Å². The Bertz CT molecular complexity index is 884.